The summed E-state index contributed by atoms with van der Waals surface area (Å²) in [5.41, 5.74) is 4.13. The van der Waals surface area contributed by atoms with E-state index in [0.717, 1.165) is 22.1 Å². The molecule has 4 aromatic rings. The van der Waals surface area contributed by atoms with Gasteiger partial charge in [0, 0.05) is 23.4 Å². The van der Waals surface area contributed by atoms with Gasteiger partial charge in [0.25, 0.3) is 5.56 Å². The summed E-state index contributed by atoms with van der Waals surface area (Å²) in [4.78, 5) is 17.3. The average Bonchev–Trinajstić information content (AvgIpc) is 3.22. The molecule has 0 unspecified atom stereocenters. The Bertz CT molecular complexity index is 1110. The maximum atomic E-state index is 12.1. The summed E-state index contributed by atoms with van der Waals surface area (Å²) in [7, 11) is 0. The highest BCUT2D eigenvalue weighted by atomic mass is 32.2. The quantitative estimate of drug-likeness (QED) is 0.517. The van der Waals surface area contributed by atoms with E-state index in [2.05, 4.69) is 47.2 Å². The standard InChI is InChI=1S/C17H15N5OS2/c1-11-3-4-14(12(2)7-11)22-10-18-20-17(22)25-9-13-8-15(23)21-5-6-24-16(21)19-13/h3-8,10H,9H2,1-2H3. The van der Waals surface area contributed by atoms with Crippen molar-refractivity contribution in [2.24, 2.45) is 0 Å². The van der Waals surface area contributed by atoms with Crippen LogP contribution in [0.3, 0.4) is 0 Å². The molecule has 0 radical (unpaired) electrons. The van der Waals surface area contributed by atoms with Crippen molar-refractivity contribution in [1.29, 1.82) is 0 Å². The van der Waals surface area contributed by atoms with E-state index in [1.165, 1.54) is 28.7 Å². The van der Waals surface area contributed by atoms with Crippen molar-refractivity contribution < 1.29 is 0 Å². The lowest BCUT2D eigenvalue weighted by Crippen LogP contribution is -2.12. The average molecular weight is 369 g/mol. The van der Waals surface area contributed by atoms with Gasteiger partial charge in [0.2, 0.25) is 0 Å². The summed E-state index contributed by atoms with van der Waals surface area (Å²) in [5, 5.41) is 10.9. The zero-order valence-electron chi connectivity index (χ0n) is 13.7. The van der Waals surface area contributed by atoms with E-state index < -0.39 is 0 Å². The smallest absolute Gasteiger partial charge is 0.258 e. The molecule has 6 nitrogen and oxygen atoms in total. The fourth-order valence-corrected chi connectivity index (χ4v) is 4.22. The fraction of sp³-hybridized carbons (Fsp3) is 0.176. The van der Waals surface area contributed by atoms with Crippen molar-refractivity contribution in [2.45, 2.75) is 24.8 Å². The van der Waals surface area contributed by atoms with Gasteiger partial charge in [0.15, 0.2) is 10.1 Å². The summed E-state index contributed by atoms with van der Waals surface area (Å²) < 4.78 is 3.52. The van der Waals surface area contributed by atoms with Gasteiger partial charge < -0.3 is 0 Å². The predicted molar refractivity (Wildman–Crippen MR) is 99.7 cm³/mol. The van der Waals surface area contributed by atoms with E-state index in [0.29, 0.717) is 10.7 Å². The minimum absolute atomic E-state index is 0.0577. The Morgan fingerprint density at radius 2 is 2.12 bits per heavy atom. The van der Waals surface area contributed by atoms with Gasteiger partial charge in [-0.1, -0.05) is 29.5 Å². The molecule has 0 atom stereocenters. The fourth-order valence-electron chi connectivity index (χ4n) is 2.66. The third-order valence-corrected chi connectivity index (χ3v) is 5.57. The number of nitrogens with zero attached hydrogens (tertiary/aromatic N) is 5. The van der Waals surface area contributed by atoms with Crippen LogP contribution in [0.25, 0.3) is 10.6 Å². The minimum atomic E-state index is -0.0577. The van der Waals surface area contributed by atoms with Crippen LogP contribution in [0, 0.1) is 13.8 Å². The second kappa shape index (κ2) is 6.45. The molecule has 8 heteroatoms. The van der Waals surface area contributed by atoms with E-state index in [-0.39, 0.29) is 5.56 Å². The van der Waals surface area contributed by atoms with Crippen molar-refractivity contribution >= 4 is 28.1 Å². The SMILES string of the molecule is Cc1ccc(-n2cnnc2SCc2cc(=O)n3ccsc3n2)c(C)c1. The van der Waals surface area contributed by atoms with Crippen LogP contribution in [0.2, 0.25) is 0 Å². The molecule has 0 aliphatic heterocycles. The summed E-state index contributed by atoms with van der Waals surface area (Å²) >= 11 is 2.97. The summed E-state index contributed by atoms with van der Waals surface area (Å²) in [6.45, 7) is 4.15. The Hall–Kier alpha value is -2.45. The number of thioether (sulfide) groups is 1. The number of rotatable bonds is 4. The van der Waals surface area contributed by atoms with Crippen LogP contribution in [-0.4, -0.2) is 24.1 Å². The highest BCUT2D eigenvalue weighted by Crippen LogP contribution is 2.25. The number of fused-ring (bicyclic) bond motifs is 1. The molecule has 0 fully saturated rings. The zero-order valence-corrected chi connectivity index (χ0v) is 15.3. The number of aryl methyl sites for hydroxylation is 2. The van der Waals surface area contributed by atoms with Gasteiger partial charge >= 0.3 is 0 Å². The second-order valence-electron chi connectivity index (χ2n) is 5.70. The van der Waals surface area contributed by atoms with Crippen molar-refractivity contribution in [1.82, 2.24) is 24.1 Å². The van der Waals surface area contributed by atoms with Crippen molar-refractivity contribution in [3.63, 3.8) is 0 Å². The van der Waals surface area contributed by atoms with E-state index >= 15 is 0 Å². The Balaban J connectivity index is 1.61. The molecular formula is C17H15N5OS2. The number of hydrogen-bond donors (Lipinski definition) is 0. The first-order valence-electron chi connectivity index (χ1n) is 7.68. The lowest BCUT2D eigenvalue weighted by Gasteiger charge is -2.10. The number of benzene rings is 1. The number of thiazole rings is 1. The Morgan fingerprint density at radius 3 is 2.96 bits per heavy atom. The normalized spacial score (nSPS) is 11.3. The van der Waals surface area contributed by atoms with Crippen LogP contribution < -0.4 is 5.56 Å². The molecule has 1 aromatic carbocycles. The van der Waals surface area contributed by atoms with Crippen LogP contribution in [0.4, 0.5) is 0 Å². The molecule has 0 saturated carbocycles. The molecule has 0 spiro atoms. The minimum Gasteiger partial charge on any atom is -0.276 e. The molecule has 25 heavy (non-hydrogen) atoms. The second-order valence-corrected chi connectivity index (χ2v) is 7.52. The van der Waals surface area contributed by atoms with Gasteiger partial charge in [-0.2, -0.15) is 0 Å². The first kappa shape index (κ1) is 16.0. The Labute approximate surface area is 152 Å². The van der Waals surface area contributed by atoms with Crippen LogP contribution in [-0.2, 0) is 5.75 Å². The van der Waals surface area contributed by atoms with Crippen molar-refractivity contribution in [3.8, 4) is 5.69 Å². The van der Waals surface area contributed by atoms with Gasteiger partial charge in [-0.25, -0.2) is 4.98 Å². The zero-order chi connectivity index (χ0) is 17.4. The van der Waals surface area contributed by atoms with E-state index in [9.17, 15) is 4.79 Å². The number of aromatic nitrogens is 5. The lowest BCUT2D eigenvalue weighted by molar-refractivity contribution is 0.876. The molecular weight excluding hydrogens is 354 g/mol. The summed E-state index contributed by atoms with van der Waals surface area (Å²) in [6.07, 6.45) is 3.45. The molecule has 0 saturated heterocycles. The molecule has 3 aromatic heterocycles. The molecule has 4 rings (SSSR count). The molecule has 0 amide bonds. The highest BCUT2D eigenvalue weighted by molar-refractivity contribution is 7.98. The summed E-state index contributed by atoms with van der Waals surface area (Å²) in [6, 6.07) is 7.85. The molecule has 0 aliphatic carbocycles. The molecule has 3 heterocycles. The van der Waals surface area contributed by atoms with E-state index in [4.69, 9.17) is 0 Å². The molecule has 0 aliphatic rings. The van der Waals surface area contributed by atoms with Gasteiger partial charge in [0.1, 0.15) is 6.33 Å². The first-order chi connectivity index (χ1) is 12.1. The van der Waals surface area contributed by atoms with Crippen LogP contribution in [0.5, 0.6) is 0 Å². The van der Waals surface area contributed by atoms with Crippen LogP contribution >= 0.6 is 23.1 Å². The van der Waals surface area contributed by atoms with Crippen LogP contribution in [0.1, 0.15) is 16.8 Å². The maximum Gasteiger partial charge on any atom is 0.258 e. The summed E-state index contributed by atoms with van der Waals surface area (Å²) in [5.74, 6) is 0.563. The number of hydrogen-bond acceptors (Lipinski definition) is 6. The van der Waals surface area contributed by atoms with Gasteiger partial charge in [-0.15, -0.1) is 21.5 Å². The van der Waals surface area contributed by atoms with Gasteiger partial charge in [-0.05, 0) is 25.5 Å². The predicted octanol–water partition coefficient (Wildman–Crippen LogP) is 3.25. The highest BCUT2D eigenvalue weighted by Gasteiger charge is 2.11. The van der Waals surface area contributed by atoms with Crippen molar-refractivity contribution in [2.75, 3.05) is 0 Å². The van der Waals surface area contributed by atoms with Crippen molar-refractivity contribution in [3.05, 3.63) is 69.3 Å². The maximum absolute atomic E-state index is 12.1. The molecule has 126 valence electrons. The Kier molecular flexibility index (Phi) is 4.14. The lowest BCUT2D eigenvalue weighted by atomic mass is 10.1. The monoisotopic (exact) mass is 369 g/mol. The topological polar surface area (TPSA) is 65.1 Å². The van der Waals surface area contributed by atoms with Crippen LogP contribution in [0.15, 0.2) is 52.1 Å². The van der Waals surface area contributed by atoms with E-state index in [1.807, 2.05) is 9.95 Å². The van der Waals surface area contributed by atoms with Gasteiger partial charge in [-0.3, -0.25) is 13.8 Å². The third kappa shape index (κ3) is 3.10. The molecule has 0 N–H and O–H groups in total. The first-order valence-corrected chi connectivity index (χ1v) is 9.54. The third-order valence-electron chi connectivity index (χ3n) is 3.83. The Morgan fingerprint density at radius 1 is 1.24 bits per heavy atom. The van der Waals surface area contributed by atoms with Gasteiger partial charge in [0.05, 0.1) is 11.4 Å². The van der Waals surface area contributed by atoms with E-state index in [1.54, 1.807) is 23.0 Å². The molecule has 0 bridgehead atoms. The largest absolute Gasteiger partial charge is 0.276 e.